The van der Waals surface area contributed by atoms with E-state index < -0.39 is 0 Å². The van der Waals surface area contributed by atoms with E-state index in [0.717, 1.165) is 30.1 Å². The van der Waals surface area contributed by atoms with E-state index >= 15 is 0 Å². The quantitative estimate of drug-likeness (QED) is 0.774. The normalized spacial score (nSPS) is 14.8. The number of nitrogens with one attached hydrogen (secondary N) is 1. The molecule has 0 saturated carbocycles. The van der Waals surface area contributed by atoms with E-state index in [1.54, 1.807) is 7.11 Å². The lowest BCUT2D eigenvalue weighted by Crippen LogP contribution is -2.18. The highest BCUT2D eigenvalue weighted by Crippen LogP contribution is 2.23. The number of ether oxygens (including phenoxy) is 2. The van der Waals surface area contributed by atoms with Crippen LogP contribution in [0.4, 0.5) is 0 Å². The van der Waals surface area contributed by atoms with Crippen molar-refractivity contribution in [1.29, 1.82) is 0 Å². The van der Waals surface area contributed by atoms with Gasteiger partial charge in [-0.05, 0) is 7.05 Å². The first-order chi connectivity index (χ1) is 7.35. The molecule has 1 N–H and O–H groups in total. The number of hydrogen-bond donors (Lipinski definition) is 1. The zero-order chi connectivity index (χ0) is 10.7. The molecule has 0 fully saturated rings. The molecule has 0 aromatic carbocycles. The summed E-state index contributed by atoms with van der Waals surface area (Å²) in [5.74, 6) is 1.42. The average Bonchev–Trinajstić information content (AvgIpc) is 2.28. The van der Waals surface area contributed by atoms with Gasteiger partial charge in [0.05, 0.1) is 38.1 Å². The summed E-state index contributed by atoms with van der Waals surface area (Å²) in [5, 5.41) is 3.03. The second kappa shape index (κ2) is 4.55. The maximum atomic E-state index is 5.36. The lowest BCUT2D eigenvalue weighted by atomic mass is 10.1. The molecule has 1 aromatic rings. The van der Waals surface area contributed by atoms with Crippen molar-refractivity contribution in [2.24, 2.45) is 0 Å². The molecule has 0 aliphatic carbocycles. The van der Waals surface area contributed by atoms with Gasteiger partial charge in [-0.1, -0.05) is 0 Å². The first-order valence-electron chi connectivity index (χ1n) is 5.00. The minimum Gasteiger partial charge on any atom is -0.481 e. The van der Waals surface area contributed by atoms with Gasteiger partial charge in [-0.2, -0.15) is 4.98 Å². The van der Waals surface area contributed by atoms with Crippen LogP contribution in [0.15, 0.2) is 0 Å². The van der Waals surface area contributed by atoms with E-state index in [-0.39, 0.29) is 0 Å². The third kappa shape index (κ3) is 2.08. The fourth-order valence-corrected chi connectivity index (χ4v) is 1.66. The second-order valence-electron chi connectivity index (χ2n) is 3.41. The number of nitrogens with zero attached hydrogens (tertiary/aromatic N) is 2. The summed E-state index contributed by atoms with van der Waals surface area (Å²) in [6.07, 6.45) is 0.838. The minimum absolute atomic E-state index is 0.554. The van der Waals surface area contributed by atoms with Crippen molar-refractivity contribution in [3.05, 3.63) is 17.1 Å². The first kappa shape index (κ1) is 10.3. The van der Waals surface area contributed by atoms with Crippen LogP contribution in [0.5, 0.6) is 5.88 Å². The molecule has 0 bridgehead atoms. The molecular weight excluding hydrogens is 194 g/mol. The van der Waals surface area contributed by atoms with Crippen LogP contribution < -0.4 is 10.1 Å². The maximum Gasteiger partial charge on any atom is 0.222 e. The van der Waals surface area contributed by atoms with Crippen LogP contribution in [-0.4, -0.2) is 30.7 Å². The fourth-order valence-electron chi connectivity index (χ4n) is 1.66. The molecule has 1 aliphatic heterocycles. The minimum atomic E-state index is 0.554. The van der Waals surface area contributed by atoms with Gasteiger partial charge in [-0.25, -0.2) is 4.98 Å². The van der Waals surface area contributed by atoms with E-state index in [4.69, 9.17) is 9.47 Å². The molecule has 82 valence electrons. The number of hydrogen-bond acceptors (Lipinski definition) is 5. The lowest BCUT2D eigenvalue weighted by Gasteiger charge is -2.18. The average molecular weight is 209 g/mol. The predicted molar refractivity (Wildman–Crippen MR) is 54.7 cm³/mol. The molecule has 0 spiro atoms. The summed E-state index contributed by atoms with van der Waals surface area (Å²) in [5.41, 5.74) is 2.04. The number of fused-ring (bicyclic) bond motifs is 1. The van der Waals surface area contributed by atoms with Gasteiger partial charge in [0, 0.05) is 6.42 Å². The molecule has 0 unspecified atom stereocenters. The van der Waals surface area contributed by atoms with Crippen molar-refractivity contribution < 1.29 is 9.47 Å². The van der Waals surface area contributed by atoms with E-state index in [1.165, 1.54) is 0 Å². The van der Waals surface area contributed by atoms with Crippen LogP contribution in [0.3, 0.4) is 0 Å². The molecule has 0 saturated heterocycles. The van der Waals surface area contributed by atoms with Gasteiger partial charge in [-0.3, -0.25) is 0 Å². The van der Waals surface area contributed by atoms with Crippen LogP contribution in [0, 0.1) is 0 Å². The molecule has 1 aliphatic rings. The Labute approximate surface area is 88.8 Å². The number of rotatable bonds is 3. The van der Waals surface area contributed by atoms with E-state index in [2.05, 4.69) is 15.3 Å². The van der Waals surface area contributed by atoms with Gasteiger partial charge < -0.3 is 14.8 Å². The topological polar surface area (TPSA) is 56.3 Å². The highest BCUT2D eigenvalue weighted by molar-refractivity contribution is 5.31. The van der Waals surface area contributed by atoms with Crippen molar-refractivity contribution in [3.63, 3.8) is 0 Å². The van der Waals surface area contributed by atoms with Crippen molar-refractivity contribution in [1.82, 2.24) is 15.3 Å². The smallest absolute Gasteiger partial charge is 0.222 e. The highest BCUT2D eigenvalue weighted by atomic mass is 16.5. The standard InChI is InChI=1S/C10H15N3O2/c1-11-5-9-12-8-3-4-15-6-7(8)10(13-9)14-2/h11H,3-6H2,1-2H3. The van der Waals surface area contributed by atoms with Gasteiger partial charge in [0.2, 0.25) is 5.88 Å². The Morgan fingerprint density at radius 2 is 2.33 bits per heavy atom. The van der Waals surface area contributed by atoms with Crippen molar-refractivity contribution in [3.8, 4) is 5.88 Å². The fraction of sp³-hybridized carbons (Fsp3) is 0.600. The molecule has 5 nitrogen and oxygen atoms in total. The molecule has 15 heavy (non-hydrogen) atoms. The van der Waals surface area contributed by atoms with Crippen LogP contribution in [-0.2, 0) is 24.3 Å². The summed E-state index contributed by atoms with van der Waals surface area (Å²) < 4.78 is 10.6. The Kier molecular flexibility index (Phi) is 3.13. The first-order valence-corrected chi connectivity index (χ1v) is 5.00. The second-order valence-corrected chi connectivity index (χ2v) is 3.41. The lowest BCUT2D eigenvalue weighted by molar-refractivity contribution is 0.106. The Morgan fingerprint density at radius 1 is 1.47 bits per heavy atom. The predicted octanol–water partition coefficient (Wildman–Crippen LogP) is 0.277. The molecule has 0 atom stereocenters. The SMILES string of the molecule is CNCc1nc2c(c(OC)n1)COCC2. The van der Waals surface area contributed by atoms with Gasteiger partial charge in [0.25, 0.3) is 0 Å². The third-order valence-electron chi connectivity index (χ3n) is 2.36. The van der Waals surface area contributed by atoms with E-state index in [9.17, 15) is 0 Å². The van der Waals surface area contributed by atoms with E-state index in [0.29, 0.717) is 19.0 Å². The van der Waals surface area contributed by atoms with Crippen molar-refractivity contribution >= 4 is 0 Å². The zero-order valence-corrected chi connectivity index (χ0v) is 9.04. The summed E-state index contributed by atoms with van der Waals surface area (Å²) in [4.78, 5) is 8.80. The van der Waals surface area contributed by atoms with Gasteiger partial charge in [0.15, 0.2) is 0 Å². The summed E-state index contributed by atoms with van der Waals surface area (Å²) >= 11 is 0. The molecule has 1 aromatic heterocycles. The Morgan fingerprint density at radius 3 is 3.07 bits per heavy atom. The monoisotopic (exact) mass is 209 g/mol. The Hall–Kier alpha value is -1.20. The Balaban J connectivity index is 2.38. The molecular formula is C10H15N3O2. The largest absolute Gasteiger partial charge is 0.481 e. The summed E-state index contributed by atoms with van der Waals surface area (Å²) in [6, 6.07) is 0. The van der Waals surface area contributed by atoms with Gasteiger partial charge >= 0.3 is 0 Å². The van der Waals surface area contributed by atoms with Crippen molar-refractivity contribution in [2.45, 2.75) is 19.6 Å². The Bertz CT molecular complexity index is 338. The van der Waals surface area contributed by atoms with Gasteiger partial charge in [-0.15, -0.1) is 0 Å². The van der Waals surface area contributed by atoms with Gasteiger partial charge in [0.1, 0.15) is 5.82 Å². The van der Waals surface area contributed by atoms with Crippen LogP contribution in [0.2, 0.25) is 0 Å². The maximum absolute atomic E-state index is 5.36. The zero-order valence-electron chi connectivity index (χ0n) is 9.04. The summed E-state index contributed by atoms with van der Waals surface area (Å²) in [6.45, 7) is 1.94. The molecule has 2 heterocycles. The number of methoxy groups -OCH3 is 1. The summed E-state index contributed by atoms with van der Waals surface area (Å²) in [7, 11) is 3.50. The third-order valence-corrected chi connectivity index (χ3v) is 2.36. The van der Waals surface area contributed by atoms with Crippen LogP contribution >= 0.6 is 0 Å². The van der Waals surface area contributed by atoms with E-state index in [1.807, 2.05) is 7.05 Å². The number of aromatic nitrogens is 2. The molecule has 0 radical (unpaired) electrons. The van der Waals surface area contributed by atoms with Crippen molar-refractivity contribution in [2.75, 3.05) is 20.8 Å². The molecule has 2 rings (SSSR count). The molecule has 5 heteroatoms. The van der Waals surface area contributed by atoms with Crippen LogP contribution in [0.25, 0.3) is 0 Å². The highest BCUT2D eigenvalue weighted by Gasteiger charge is 2.18. The van der Waals surface area contributed by atoms with Crippen LogP contribution in [0.1, 0.15) is 17.1 Å². The molecule has 0 amide bonds.